The number of nitrogens with zero attached hydrogens (tertiary/aromatic N) is 3. The van der Waals surface area contributed by atoms with E-state index in [0.29, 0.717) is 38.3 Å². The summed E-state index contributed by atoms with van der Waals surface area (Å²) in [4.78, 5) is 5.69. The highest BCUT2D eigenvalue weighted by Gasteiger charge is 2.28. The van der Waals surface area contributed by atoms with Crippen LogP contribution in [0.25, 0.3) is 0 Å². The van der Waals surface area contributed by atoms with Crippen molar-refractivity contribution in [1.82, 2.24) is 4.31 Å². The normalized spacial score (nSPS) is 14.7. The minimum Gasteiger partial charge on any atom is -0.493 e. The van der Waals surface area contributed by atoms with E-state index in [2.05, 4.69) is 11.2 Å². The molecular weight excluding hydrogens is 402 g/mol. The first-order valence-electron chi connectivity index (χ1n) is 9.82. The summed E-state index contributed by atoms with van der Waals surface area (Å²) in [5.74, 6) is 0.544. The number of nitriles is 1. The standard InChI is InChI=1S/C22H25N3O4S/c1-18-4-2-5-19(16-18)17-29-24-20-10-13-25(14-11-20)30(26,27)22-8-6-21(7-9-22)28-15-3-12-23/h2,4-9,16H,3,10-11,13-15,17H2,1H3. The molecule has 0 unspecified atom stereocenters. The van der Waals surface area contributed by atoms with Gasteiger partial charge in [0.1, 0.15) is 19.0 Å². The van der Waals surface area contributed by atoms with Crippen molar-refractivity contribution in [3.63, 3.8) is 0 Å². The highest BCUT2D eigenvalue weighted by atomic mass is 32.2. The molecule has 0 aliphatic carbocycles. The lowest BCUT2D eigenvalue weighted by atomic mass is 10.1. The third-order valence-corrected chi connectivity index (χ3v) is 6.66. The van der Waals surface area contributed by atoms with Crippen molar-refractivity contribution in [2.45, 2.75) is 37.7 Å². The lowest BCUT2D eigenvalue weighted by molar-refractivity contribution is 0.128. The average molecular weight is 428 g/mol. The second kappa shape index (κ2) is 10.2. The van der Waals surface area contributed by atoms with Crippen LogP contribution in [0.2, 0.25) is 0 Å². The van der Waals surface area contributed by atoms with Crippen LogP contribution in [-0.2, 0) is 21.5 Å². The van der Waals surface area contributed by atoms with Gasteiger partial charge in [0.2, 0.25) is 10.0 Å². The Morgan fingerprint density at radius 3 is 2.53 bits per heavy atom. The number of piperidine rings is 1. The van der Waals surface area contributed by atoms with E-state index in [1.54, 1.807) is 12.1 Å². The number of benzene rings is 2. The van der Waals surface area contributed by atoms with Crippen LogP contribution >= 0.6 is 0 Å². The topological polar surface area (TPSA) is 92.0 Å². The Hall–Kier alpha value is -2.89. The van der Waals surface area contributed by atoms with Crippen molar-refractivity contribution < 1.29 is 18.0 Å². The van der Waals surface area contributed by atoms with Crippen LogP contribution < -0.4 is 4.74 Å². The molecule has 0 atom stereocenters. The Kier molecular flexibility index (Phi) is 7.44. The highest BCUT2D eigenvalue weighted by molar-refractivity contribution is 7.89. The maximum Gasteiger partial charge on any atom is 0.243 e. The predicted octanol–water partition coefficient (Wildman–Crippen LogP) is 3.64. The van der Waals surface area contributed by atoms with E-state index in [0.717, 1.165) is 11.3 Å². The fourth-order valence-electron chi connectivity index (χ4n) is 3.15. The molecule has 0 N–H and O–H groups in total. The van der Waals surface area contributed by atoms with Crippen molar-refractivity contribution in [1.29, 1.82) is 5.26 Å². The first-order chi connectivity index (χ1) is 14.5. The summed E-state index contributed by atoms with van der Waals surface area (Å²) < 4.78 is 32.6. The van der Waals surface area contributed by atoms with Gasteiger partial charge in [0.25, 0.3) is 0 Å². The summed E-state index contributed by atoms with van der Waals surface area (Å²) in [5, 5.41) is 12.7. The molecule has 158 valence electrons. The van der Waals surface area contributed by atoms with E-state index in [1.807, 2.05) is 31.2 Å². The Labute approximate surface area is 177 Å². The van der Waals surface area contributed by atoms with Crippen LogP contribution in [0.3, 0.4) is 0 Å². The Morgan fingerprint density at radius 1 is 1.13 bits per heavy atom. The van der Waals surface area contributed by atoms with Crippen LogP contribution in [0, 0.1) is 18.3 Å². The molecule has 30 heavy (non-hydrogen) atoms. The molecule has 0 bridgehead atoms. The summed E-state index contributed by atoms with van der Waals surface area (Å²) in [6.07, 6.45) is 1.37. The second-order valence-electron chi connectivity index (χ2n) is 7.05. The fourth-order valence-corrected chi connectivity index (χ4v) is 4.59. The van der Waals surface area contributed by atoms with Gasteiger partial charge in [-0.2, -0.15) is 9.57 Å². The monoisotopic (exact) mass is 427 g/mol. The zero-order chi connectivity index (χ0) is 21.4. The van der Waals surface area contributed by atoms with Crippen LogP contribution in [0.5, 0.6) is 5.75 Å². The van der Waals surface area contributed by atoms with E-state index in [4.69, 9.17) is 14.8 Å². The van der Waals surface area contributed by atoms with Gasteiger partial charge < -0.3 is 9.57 Å². The number of hydrogen-bond donors (Lipinski definition) is 0. The predicted molar refractivity (Wildman–Crippen MR) is 114 cm³/mol. The molecule has 1 aliphatic heterocycles. The number of oxime groups is 1. The van der Waals surface area contributed by atoms with Gasteiger partial charge in [-0.25, -0.2) is 8.42 Å². The molecule has 1 saturated heterocycles. The molecule has 0 amide bonds. The maximum absolute atomic E-state index is 12.9. The van der Waals surface area contributed by atoms with Crippen molar-refractivity contribution in [2.75, 3.05) is 19.7 Å². The SMILES string of the molecule is Cc1cccc(CON=C2CCN(S(=O)(=O)c3ccc(OCCC#N)cc3)CC2)c1. The van der Waals surface area contributed by atoms with Gasteiger partial charge >= 0.3 is 0 Å². The van der Waals surface area contributed by atoms with Gasteiger partial charge in [-0.3, -0.25) is 0 Å². The summed E-state index contributed by atoms with van der Waals surface area (Å²) in [6.45, 7) is 3.45. The zero-order valence-corrected chi connectivity index (χ0v) is 17.8. The number of aryl methyl sites for hydroxylation is 1. The van der Waals surface area contributed by atoms with Crippen LogP contribution in [-0.4, -0.2) is 38.1 Å². The Bertz CT molecular complexity index is 1020. The molecule has 7 nitrogen and oxygen atoms in total. The molecule has 0 saturated carbocycles. The van der Waals surface area contributed by atoms with Crippen molar-refractivity contribution >= 4 is 15.7 Å². The van der Waals surface area contributed by atoms with E-state index in [1.165, 1.54) is 22.0 Å². The minimum atomic E-state index is -3.57. The third-order valence-electron chi connectivity index (χ3n) is 4.75. The summed E-state index contributed by atoms with van der Waals surface area (Å²) >= 11 is 0. The fraction of sp³-hybridized carbons (Fsp3) is 0.364. The van der Waals surface area contributed by atoms with Crippen molar-refractivity contribution in [3.05, 3.63) is 59.7 Å². The van der Waals surface area contributed by atoms with Crippen LogP contribution in [0.1, 0.15) is 30.4 Å². The van der Waals surface area contributed by atoms with Crippen molar-refractivity contribution in [2.24, 2.45) is 5.16 Å². The molecule has 0 spiro atoms. The lowest BCUT2D eigenvalue weighted by Gasteiger charge is -2.26. The molecule has 3 rings (SSSR count). The quantitative estimate of drug-likeness (QED) is 0.474. The summed E-state index contributed by atoms with van der Waals surface area (Å²) in [6, 6.07) is 16.3. The third kappa shape index (κ3) is 5.81. The first kappa shape index (κ1) is 21.8. The van der Waals surface area contributed by atoms with E-state index in [9.17, 15) is 8.42 Å². The van der Waals surface area contributed by atoms with Crippen LogP contribution in [0.15, 0.2) is 58.6 Å². The van der Waals surface area contributed by atoms with E-state index >= 15 is 0 Å². The molecule has 2 aromatic rings. The largest absolute Gasteiger partial charge is 0.493 e. The van der Waals surface area contributed by atoms with E-state index in [-0.39, 0.29) is 17.9 Å². The van der Waals surface area contributed by atoms with Gasteiger partial charge in [0.05, 0.1) is 23.1 Å². The molecule has 2 aromatic carbocycles. The Balaban J connectivity index is 1.52. The molecule has 1 heterocycles. The minimum absolute atomic E-state index is 0.228. The van der Waals surface area contributed by atoms with Gasteiger partial charge in [-0.1, -0.05) is 35.0 Å². The smallest absolute Gasteiger partial charge is 0.243 e. The second-order valence-corrected chi connectivity index (χ2v) is 8.99. The van der Waals surface area contributed by atoms with Gasteiger partial charge in [0, 0.05) is 25.9 Å². The summed E-state index contributed by atoms with van der Waals surface area (Å²) in [5.41, 5.74) is 3.10. The van der Waals surface area contributed by atoms with Crippen molar-refractivity contribution in [3.8, 4) is 11.8 Å². The molecular formula is C22H25N3O4S. The summed E-state index contributed by atoms with van der Waals surface area (Å²) in [7, 11) is -3.57. The molecule has 0 aromatic heterocycles. The average Bonchev–Trinajstić information content (AvgIpc) is 2.75. The molecule has 0 radical (unpaired) electrons. The first-order valence-corrected chi connectivity index (χ1v) is 11.3. The lowest BCUT2D eigenvalue weighted by Crippen LogP contribution is -2.38. The number of rotatable bonds is 8. The molecule has 1 fully saturated rings. The molecule has 8 heteroatoms. The van der Waals surface area contributed by atoms with Gasteiger partial charge in [-0.15, -0.1) is 0 Å². The highest BCUT2D eigenvalue weighted by Crippen LogP contribution is 2.22. The number of hydrogen-bond acceptors (Lipinski definition) is 6. The number of sulfonamides is 1. The van der Waals surface area contributed by atoms with E-state index < -0.39 is 10.0 Å². The van der Waals surface area contributed by atoms with Gasteiger partial charge in [-0.05, 0) is 36.8 Å². The van der Waals surface area contributed by atoms with Crippen LogP contribution in [0.4, 0.5) is 0 Å². The zero-order valence-electron chi connectivity index (χ0n) is 17.0. The van der Waals surface area contributed by atoms with Gasteiger partial charge in [0.15, 0.2) is 0 Å². The molecule has 1 aliphatic rings. The number of ether oxygens (including phenoxy) is 1. The Morgan fingerprint density at radius 2 is 1.87 bits per heavy atom. The maximum atomic E-state index is 12.9.